The van der Waals surface area contributed by atoms with Crippen LogP contribution < -0.4 is 0 Å². The molecule has 2 heteroatoms. The normalized spacial score (nSPS) is 44.5. The topological polar surface area (TPSA) is 9.23 Å². The Morgan fingerprint density at radius 3 is 2.54 bits per heavy atom. The molecule has 0 spiro atoms. The van der Waals surface area contributed by atoms with E-state index in [-0.39, 0.29) is 0 Å². The summed E-state index contributed by atoms with van der Waals surface area (Å²) in [6.45, 7) is 3.16. The van der Waals surface area contributed by atoms with Gasteiger partial charge in [0.25, 0.3) is 0 Å². The predicted octanol–water partition coefficient (Wildman–Crippen LogP) is 2.92. The molecule has 3 unspecified atom stereocenters. The number of hydrogen-bond donors (Lipinski definition) is 0. The summed E-state index contributed by atoms with van der Waals surface area (Å²) in [5, 5.41) is 0. The van der Waals surface area contributed by atoms with Crippen LogP contribution in [0.2, 0.25) is 0 Å². The summed E-state index contributed by atoms with van der Waals surface area (Å²) >= 11 is 6.13. The Kier molecular flexibility index (Phi) is 2.59. The third kappa shape index (κ3) is 1.61. The van der Waals surface area contributed by atoms with Gasteiger partial charge in [0.1, 0.15) is 0 Å². The maximum atomic E-state index is 6.13. The average Bonchev–Trinajstić information content (AvgIpc) is 2.74. The van der Waals surface area contributed by atoms with Crippen molar-refractivity contribution in [2.45, 2.75) is 26.2 Å². The molecule has 0 amide bonds. The number of methoxy groups -OCH3 is 1. The van der Waals surface area contributed by atoms with Crippen LogP contribution in [-0.2, 0) is 4.74 Å². The highest BCUT2D eigenvalue weighted by Gasteiger charge is 2.55. The molecule has 0 aliphatic heterocycles. The van der Waals surface area contributed by atoms with E-state index in [4.69, 9.17) is 16.3 Å². The fraction of sp³-hybridized carbons (Fsp3) is 1.00. The van der Waals surface area contributed by atoms with E-state index >= 15 is 0 Å². The minimum Gasteiger partial charge on any atom is -0.384 e. The van der Waals surface area contributed by atoms with Crippen molar-refractivity contribution >= 4 is 11.6 Å². The maximum Gasteiger partial charge on any atom is 0.0493 e. The van der Waals surface area contributed by atoms with Crippen molar-refractivity contribution in [2.75, 3.05) is 19.6 Å². The van der Waals surface area contributed by atoms with Crippen molar-refractivity contribution in [1.82, 2.24) is 0 Å². The molecule has 0 radical (unpaired) electrons. The highest BCUT2D eigenvalue weighted by Crippen LogP contribution is 2.62. The summed E-state index contributed by atoms with van der Waals surface area (Å²) in [4.78, 5) is 0. The zero-order chi connectivity index (χ0) is 9.47. The lowest BCUT2D eigenvalue weighted by Gasteiger charge is -2.34. The number of fused-ring (bicyclic) bond motifs is 1. The van der Waals surface area contributed by atoms with E-state index in [0.717, 1.165) is 24.3 Å². The number of rotatable bonds is 4. The molecule has 3 atom stereocenters. The van der Waals surface area contributed by atoms with Gasteiger partial charge in [0, 0.05) is 19.6 Å². The van der Waals surface area contributed by atoms with E-state index in [2.05, 4.69) is 6.92 Å². The number of ether oxygens (including phenoxy) is 1. The van der Waals surface area contributed by atoms with Crippen LogP contribution in [0.5, 0.6) is 0 Å². The summed E-state index contributed by atoms with van der Waals surface area (Å²) in [7, 11) is 1.79. The number of alkyl halides is 1. The molecule has 0 saturated heterocycles. The molecule has 0 aromatic rings. The molecule has 0 aromatic carbocycles. The van der Waals surface area contributed by atoms with Crippen molar-refractivity contribution in [1.29, 1.82) is 0 Å². The van der Waals surface area contributed by atoms with Gasteiger partial charge in [-0.1, -0.05) is 6.92 Å². The van der Waals surface area contributed by atoms with E-state index in [1.165, 1.54) is 19.3 Å². The molecule has 2 rings (SSSR count). The van der Waals surface area contributed by atoms with E-state index in [9.17, 15) is 0 Å². The first-order chi connectivity index (χ1) is 6.22. The van der Waals surface area contributed by atoms with Crippen LogP contribution in [-0.4, -0.2) is 19.6 Å². The molecular formula is C11H19ClO. The Bertz CT molecular complexity index is 183. The quantitative estimate of drug-likeness (QED) is 0.637. The molecular weight excluding hydrogens is 184 g/mol. The van der Waals surface area contributed by atoms with Gasteiger partial charge in [-0.05, 0) is 42.4 Å². The minimum absolute atomic E-state index is 0.408. The van der Waals surface area contributed by atoms with Gasteiger partial charge >= 0.3 is 0 Å². The summed E-state index contributed by atoms with van der Waals surface area (Å²) in [5.41, 5.74) is 0.408. The fourth-order valence-corrected chi connectivity index (χ4v) is 3.49. The molecule has 0 N–H and O–H groups in total. The van der Waals surface area contributed by atoms with Crippen LogP contribution in [0.3, 0.4) is 0 Å². The molecule has 76 valence electrons. The van der Waals surface area contributed by atoms with Gasteiger partial charge in [0.15, 0.2) is 0 Å². The highest BCUT2D eigenvalue weighted by molar-refractivity contribution is 6.18. The molecule has 1 nitrogen and oxygen atoms in total. The summed E-state index contributed by atoms with van der Waals surface area (Å²) in [6.07, 6.45) is 4.18. The van der Waals surface area contributed by atoms with Gasteiger partial charge in [-0.25, -0.2) is 0 Å². The Hall–Kier alpha value is 0.250. The average molecular weight is 203 g/mol. The van der Waals surface area contributed by atoms with Crippen LogP contribution in [0.25, 0.3) is 0 Å². The largest absolute Gasteiger partial charge is 0.384 e. The van der Waals surface area contributed by atoms with Crippen LogP contribution in [0, 0.1) is 23.2 Å². The lowest BCUT2D eigenvalue weighted by atomic mass is 9.74. The first kappa shape index (κ1) is 9.79. The van der Waals surface area contributed by atoms with Crippen molar-refractivity contribution in [3.63, 3.8) is 0 Å². The first-order valence-corrected chi connectivity index (χ1v) is 5.80. The second-order valence-corrected chi connectivity index (χ2v) is 5.28. The third-order valence-electron chi connectivity index (χ3n) is 4.13. The van der Waals surface area contributed by atoms with Crippen LogP contribution >= 0.6 is 11.6 Å². The third-order valence-corrected chi connectivity index (χ3v) is 4.67. The van der Waals surface area contributed by atoms with Crippen LogP contribution in [0.4, 0.5) is 0 Å². The van der Waals surface area contributed by atoms with Crippen molar-refractivity contribution in [3.8, 4) is 0 Å². The van der Waals surface area contributed by atoms with Gasteiger partial charge in [-0.3, -0.25) is 0 Å². The van der Waals surface area contributed by atoms with Gasteiger partial charge in [-0.2, -0.15) is 0 Å². The Balaban J connectivity index is 1.98. The van der Waals surface area contributed by atoms with E-state index in [0.29, 0.717) is 11.3 Å². The van der Waals surface area contributed by atoms with Crippen LogP contribution in [0.1, 0.15) is 26.2 Å². The SMILES string of the molecule is COCC(C)C1(CCl)CC2CC2C1. The molecule has 13 heavy (non-hydrogen) atoms. The predicted molar refractivity (Wildman–Crippen MR) is 55.0 cm³/mol. The molecule has 2 saturated carbocycles. The van der Waals surface area contributed by atoms with Crippen molar-refractivity contribution in [3.05, 3.63) is 0 Å². The summed E-state index contributed by atoms with van der Waals surface area (Å²) in [6, 6.07) is 0. The molecule has 0 heterocycles. The van der Waals surface area contributed by atoms with E-state index in [1.54, 1.807) is 7.11 Å². The first-order valence-electron chi connectivity index (χ1n) is 5.27. The van der Waals surface area contributed by atoms with Gasteiger partial charge in [0.05, 0.1) is 0 Å². The van der Waals surface area contributed by atoms with E-state index in [1.807, 2.05) is 0 Å². The fourth-order valence-electron chi connectivity index (χ4n) is 3.01. The Morgan fingerprint density at radius 1 is 1.46 bits per heavy atom. The van der Waals surface area contributed by atoms with Crippen molar-refractivity contribution in [2.24, 2.45) is 23.2 Å². The van der Waals surface area contributed by atoms with Gasteiger partial charge in [0.2, 0.25) is 0 Å². The molecule has 2 aliphatic rings. The van der Waals surface area contributed by atoms with Crippen LogP contribution in [0.15, 0.2) is 0 Å². The lowest BCUT2D eigenvalue weighted by molar-refractivity contribution is 0.0789. The number of hydrogen-bond acceptors (Lipinski definition) is 1. The lowest BCUT2D eigenvalue weighted by Crippen LogP contribution is -2.32. The smallest absolute Gasteiger partial charge is 0.0493 e. The summed E-state index contributed by atoms with van der Waals surface area (Å²) in [5.74, 6) is 3.48. The van der Waals surface area contributed by atoms with Gasteiger partial charge < -0.3 is 4.74 Å². The Morgan fingerprint density at radius 2 is 2.08 bits per heavy atom. The summed E-state index contributed by atoms with van der Waals surface area (Å²) < 4.78 is 5.23. The van der Waals surface area contributed by atoms with E-state index < -0.39 is 0 Å². The standard InChI is InChI=1S/C11H19ClO/c1-8(6-13-2)11(7-12)4-9-3-10(9)5-11/h8-10H,3-7H2,1-2H3. The van der Waals surface area contributed by atoms with Crippen molar-refractivity contribution < 1.29 is 4.74 Å². The molecule has 0 aromatic heterocycles. The minimum atomic E-state index is 0.408. The monoisotopic (exact) mass is 202 g/mol. The molecule has 2 aliphatic carbocycles. The molecule has 0 bridgehead atoms. The Labute approximate surface area is 85.8 Å². The highest BCUT2D eigenvalue weighted by atomic mass is 35.5. The zero-order valence-corrected chi connectivity index (χ0v) is 9.31. The van der Waals surface area contributed by atoms with Gasteiger partial charge in [-0.15, -0.1) is 11.6 Å². The second-order valence-electron chi connectivity index (χ2n) is 5.02. The number of halogens is 1. The maximum absolute atomic E-state index is 6.13. The zero-order valence-electron chi connectivity index (χ0n) is 8.55. The molecule has 2 fully saturated rings. The second kappa shape index (κ2) is 3.43.